The normalized spacial score (nSPS) is 12.1. The van der Waals surface area contributed by atoms with Crippen LogP contribution in [0.1, 0.15) is 45.6 Å². The zero-order valence-electron chi connectivity index (χ0n) is 12.0. The highest BCUT2D eigenvalue weighted by Gasteiger charge is 2.12. The van der Waals surface area contributed by atoms with Gasteiger partial charge in [-0.1, -0.05) is 45.9 Å². The van der Waals surface area contributed by atoms with Crippen LogP contribution in [0.4, 0.5) is 5.69 Å². The molecule has 1 aromatic rings. The first-order valence-electron chi connectivity index (χ1n) is 6.66. The van der Waals surface area contributed by atoms with Gasteiger partial charge in [-0.3, -0.25) is 4.79 Å². The van der Waals surface area contributed by atoms with Crippen molar-refractivity contribution in [3.63, 3.8) is 0 Å². The van der Waals surface area contributed by atoms with Gasteiger partial charge in [0, 0.05) is 11.6 Å². The minimum atomic E-state index is -0.0791. The van der Waals surface area contributed by atoms with Gasteiger partial charge in [0.05, 0.1) is 0 Å². The summed E-state index contributed by atoms with van der Waals surface area (Å²) in [4.78, 5) is 11.6. The van der Waals surface area contributed by atoms with Gasteiger partial charge < -0.3 is 10.6 Å². The first kappa shape index (κ1) is 15.6. The highest BCUT2D eigenvalue weighted by molar-refractivity contribution is 7.80. The third-order valence-corrected chi connectivity index (χ3v) is 3.32. The monoisotopic (exact) mass is 278 g/mol. The molecular weight excluding hydrogens is 256 g/mol. The van der Waals surface area contributed by atoms with Crippen LogP contribution in [-0.4, -0.2) is 11.0 Å². The van der Waals surface area contributed by atoms with Gasteiger partial charge in [-0.25, -0.2) is 0 Å². The van der Waals surface area contributed by atoms with E-state index in [4.69, 9.17) is 12.2 Å². The van der Waals surface area contributed by atoms with Gasteiger partial charge in [0.2, 0.25) is 5.91 Å². The highest BCUT2D eigenvalue weighted by Crippen LogP contribution is 2.26. The van der Waals surface area contributed by atoms with Gasteiger partial charge in [0.15, 0.2) is 5.11 Å². The van der Waals surface area contributed by atoms with Crippen LogP contribution in [0.3, 0.4) is 0 Å². The summed E-state index contributed by atoms with van der Waals surface area (Å²) in [5.41, 5.74) is 2.18. The van der Waals surface area contributed by atoms with E-state index in [1.54, 1.807) is 0 Å². The molecule has 0 saturated carbocycles. The molecule has 2 N–H and O–H groups in total. The Bertz CT molecular complexity index is 457. The fourth-order valence-corrected chi connectivity index (χ4v) is 1.88. The van der Waals surface area contributed by atoms with Gasteiger partial charge in [0.1, 0.15) is 0 Å². The van der Waals surface area contributed by atoms with E-state index in [0.717, 1.165) is 12.1 Å². The fraction of sp³-hybridized carbons (Fsp3) is 0.467. The second kappa shape index (κ2) is 7.24. The van der Waals surface area contributed by atoms with E-state index in [1.165, 1.54) is 5.56 Å². The van der Waals surface area contributed by atoms with E-state index in [9.17, 15) is 4.79 Å². The number of hydrogen-bond acceptors (Lipinski definition) is 2. The molecule has 19 heavy (non-hydrogen) atoms. The lowest BCUT2D eigenvalue weighted by atomic mass is 9.97. The van der Waals surface area contributed by atoms with E-state index in [2.05, 4.69) is 30.5 Å². The Kier molecular flexibility index (Phi) is 5.96. The van der Waals surface area contributed by atoms with Gasteiger partial charge in [-0.15, -0.1) is 0 Å². The van der Waals surface area contributed by atoms with E-state index in [0.29, 0.717) is 11.0 Å². The van der Waals surface area contributed by atoms with Gasteiger partial charge in [0.25, 0.3) is 0 Å². The maximum atomic E-state index is 11.6. The van der Waals surface area contributed by atoms with Crippen molar-refractivity contribution in [2.24, 2.45) is 5.92 Å². The molecule has 0 spiro atoms. The predicted molar refractivity (Wildman–Crippen MR) is 84.3 cm³/mol. The Hall–Kier alpha value is -1.42. The van der Waals surface area contributed by atoms with E-state index in [-0.39, 0.29) is 11.8 Å². The number of carbonyl (C=O) groups is 1. The molecule has 1 aromatic carbocycles. The smallest absolute Gasteiger partial charge is 0.228 e. The molecule has 104 valence electrons. The minimum absolute atomic E-state index is 0.0708. The standard InChI is InChI=1S/C15H22N2OS/c1-5-11(4)12-8-6-7-9-13(12)16-15(19)17-14(18)10(2)3/h6-11H,5H2,1-4H3,(H2,16,17,18,19). The molecule has 0 aliphatic carbocycles. The molecule has 4 heteroatoms. The lowest BCUT2D eigenvalue weighted by molar-refractivity contribution is -0.122. The average Bonchev–Trinajstić information content (AvgIpc) is 2.38. The van der Waals surface area contributed by atoms with Crippen LogP contribution in [-0.2, 0) is 4.79 Å². The Morgan fingerprint density at radius 3 is 2.47 bits per heavy atom. The molecular formula is C15H22N2OS. The average molecular weight is 278 g/mol. The number of anilines is 1. The van der Waals surface area contributed by atoms with Crippen LogP contribution in [0.5, 0.6) is 0 Å². The molecule has 1 unspecified atom stereocenters. The Labute approximate surface area is 120 Å². The summed E-state index contributed by atoms with van der Waals surface area (Å²) in [5, 5.41) is 6.16. The minimum Gasteiger partial charge on any atom is -0.332 e. The van der Waals surface area contributed by atoms with Crippen molar-refractivity contribution < 1.29 is 4.79 Å². The lowest BCUT2D eigenvalue weighted by Crippen LogP contribution is -2.36. The predicted octanol–water partition coefficient (Wildman–Crippen LogP) is 3.67. The van der Waals surface area contributed by atoms with Crippen molar-refractivity contribution >= 4 is 28.9 Å². The van der Waals surface area contributed by atoms with Gasteiger partial charge >= 0.3 is 0 Å². The lowest BCUT2D eigenvalue weighted by Gasteiger charge is -2.17. The SMILES string of the molecule is CCC(C)c1ccccc1NC(=S)NC(=O)C(C)C. The number of benzene rings is 1. The zero-order chi connectivity index (χ0) is 14.4. The Morgan fingerprint density at radius 1 is 1.26 bits per heavy atom. The molecule has 3 nitrogen and oxygen atoms in total. The molecule has 0 fully saturated rings. The van der Waals surface area contributed by atoms with E-state index in [1.807, 2.05) is 32.0 Å². The molecule has 0 bridgehead atoms. The number of amides is 1. The quantitative estimate of drug-likeness (QED) is 0.826. The van der Waals surface area contributed by atoms with Crippen LogP contribution in [0.2, 0.25) is 0 Å². The van der Waals surface area contributed by atoms with Crippen molar-refractivity contribution in [2.45, 2.75) is 40.0 Å². The van der Waals surface area contributed by atoms with Crippen LogP contribution in [0.15, 0.2) is 24.3 Å². The molecule has 0 heterocycles. The second-order valence-corrected chi connectivity index (χ2v) is 5.40. The maximum Gasteiger partial charge on any atom is 0.228 e. The summed E-state index contributed by atoms with van der Waals surface area (Å²) in [6, 6.07) is 8.04. The van der Waals surface area contributed by atoms with Crippen molar-refractivity contribution in [3.8, 4) is 0 Å². The number of hydrogen-bond donors (Lipinski definition) is 2. The number of nitrogens with one attached hydrogen (secondary N) is 2. The summed E-state index contributed by atoms with van der Waals surface area (Å²) in [6.45, 7) is 8.01. The first-order valence-corrected chi connectivity index (χ1v) is 7.07. The Morgan fingerprint density at radius 2 is 1.89 bits per heavy atom. The molecule has 1 amide bonds. The first-order chi connectivity index (χ1) is 8.95. The molecule has 0 aliphatic rings. The van der Waals surface area contributed by atoms with Crippen LogP contribution in [0.25, 0.3) is 0 Å². The summed E-state index contributed by atoms with van der Waals surface area (Å²) < 4.78 is 0. The topological polar surface area (TPSA) is 41.1 Å². The third kappa shape index (κ3) is 4.63. The maximum absolute atomic E-state index is 11.6. The van der Waals surface area contributed by atoms with Gasteiger partial charge in [-0.05, 0) is 36.2 Å². The second-order valence-electron chi connectivity index (χ2n) is 4.99. The third-order valence-electron chi connectivity index (χ3n) is 3.11. The van der Waals surface area contributed by atoms with Crippen LogP contribution >= 0.6 is 12.2 Å². The van der Waals surface area contributed by atoms with Crippen molar-refractivity contribution in [1.82, 2.24) is 5.32 Å². The molecule has 1 atom stereocenters. The van der Waals surface area contributed by atoms with Crippen molar-refractivity contribution in [2.75, 3.05) is 5.32 Å². The number of carbonyl (C=O) groups excluding carboxylic acids is 1. The zero-order valence-corrected chi connectivity index (χ0v) is 12.8. The van der Waals surface area contributed by atoms with Crippen LogP contribution in [0, 0.1) is 5.92 Å². The largest absolute Gasteiger partial charge is 0.332 e. The van der Waals surface area contributed by atoms with Gasteiger partial charge in [-0.2, -0.15) is 0 Å². The highest BCUT2D eigenvalue weighted by atomic mass is 32.1. The van der Waals surface area contributed by atoms with E-state index >= 15 is 0 Å². The number of thiocarbonyl (C=S) groups is 1. The summed E-state index contributed by atoms with van der Waals surface area (Å²) in [7, 11) is 0. The Balaban J connectivity index is 2.77. The molecule has 0 aromatic heterocycles. The summed E-state index contributed by atoms with van der Waals surface area (Å²) in [6.07, 6.45) is 1.06. The molecule has 0 aliphatic heterocycles. The molecule has 0 radical (unpaired) electrons. The molecule has 0 saturated heterocycles. The van der Waals surface area contributed by atoms with Crippen molar-refractivity contribution in [3.05, 3.63) is 29.8 Å². The number of rotatable bonds is 4. The van der Waals surface area contributed by atoms with E-state index < -0.39 is 0 Å². The molecule has 1 rings (SSSR count). The van der Waals surface area contributed by atoms with Crippen LogP contribution < -0.4 is 10.6 Å². The summed E-state index contributed by atoms with van der Waals surface area (Å²) >= 11 is 5.17. The summed E-state index contributed by atoms with van der Waals surface area (Å²) in [5.74, 6) is 0.301. The van der Waals surface area contributed by atoms with Crippen molar-refractivity contribution in [1.29, 1.82) is 0 Å². The fourth-order valence-electron chi connectivity index (χ4n) is 1.67. The number of para-hydroxylation sites is 1.